The number of nitrogens with zero attached hydrogens (tertiary/aromatic N) is 2. The first-order chi connectivity index (χ1) is 12.3. The number of rotatable bonds is 4. The number of fused-ring (bicyclic) bond motifs is 1. The molecule has 2 aromatic carbocycles. The predicted molar refractivity (Wildman–Crippen MR) is 91.2 cm³/mol. The van der Waals surface area contributed by atoms with E-state index in [9.17, 15) is 22.4 Å². The van der Waals surface area contributed by atoms with Gasteiger partial charge < -0.3 is 0 Å². The van der Waals surface area contributed by atoms with Crippen LogP contribution in [-0.2, 0) is 17.1 Å². The van der Waals surface area contributed by atoms with Crippen molar-refractivity contribution in [3.63, 3.8) is 0 Å². The molecule has 10 heteroatoms. The highest BCUT2D eigenvalue weighted by atomic mass is 32.2. The number of hydrogen-bond donors (Lipinski definition) is 2. The summed E-state index contributed by atoms with van der Waals surface area (Å²) in [5.41, 5.74) is 1.49. The highest BCUT2D eigenvalue weighted by molar-refractivity contribution is 7.89. The van der Waals surface area contributed by atoms with Gasteiger partial charge in [-0.25, -0.2) is 17.5 Å². The third-order valence-corrected chi connectivity index (χ3v) is 4.82. The van der Waals surface area contributed by atoms with Gasteiger partial charge in [0.25, 0.3) is 21.5 Å². The Morgan fingerprint density at radius 2 is 1.81 bits per heavy atom. The summed E-state index contributed by atoms with van der Waals surface area (Å²) in [7, 11) is -2.80. The van der Waals surface area contributed by atoms with Gasteiger partial charge in [0.15, 0.2) is 5.69 Å². The molecule has 134 valence electrons. The molecule has 1 amide bonds. The summed E-state index contributed by atoms with van der Waals surface area (Å²) in [5, 5.41) is 4.43. The number of carbonyl (C=O) groups is 1. The van der Waals surface area contributed by atoms with Gasteiger partial charge in [-0.15, -0.1) is 4.83 Å². The summed E-state index contributed by atoms with van der Waals surface area (Å²) in [6.45, 7) is 0. The van der Waals surface area contributed by atoms with Crippen LogP contribution in [0.15, 0.2) is 58.2 Å². The average molecular weight is 376 g/mol. The van der Waals surface area contributed by atoms with E-state index in [1.165, 1.54) is 31.3 Å². The van der Waals surface area contributed by atoms with Crippen molar-refractivity contribution in [1.29, 1.82) is 0 Å². The summed E-state index contributed by atoms with van der Waals surface area (Å²) >= 11 is 0. The smallest absolute Gasteiger partial charge is 0.272 e. The van der Waals surface area contributed by atoms with E-state index < -0.39 is 27.3 Å². The third kappa shape index (κ3) is 3.32. The van der Waals surface area contributed by atoms with Crippen LogP contribution in [0, 0.1) is 5.82 Å². The second-order valence-corrected chi connectivity index (χ2v) is 7.02. The number of halogens is 1. The van der Waals surface area contributed by atoms with Crippen molar-refractivity contribution in [1.82, 2.24) is 20.0 Å². The van der Waals surface area contributed by atoms with E-state index in [0.29, 0.717) is 0 Å². The SMILES string of the molecule is Cn1nc(C(=O)NNS(=O)(=O)c2cccc(F)c2)c2ccccc2c1=O. The van der Waals surface area contributed by atoms with Crippen molar-refractivity contribution in [2.45, 2.75) is 4.90 Å². The topological polar surface area (TPSA) is 110 Å². The van der Waals surface area contributed by atoms with E-state index in [-0.39, 0.29) is 21.4 Å². The number of aryl methyl sites for hydroxylation is 1. The molecule has 1 aromatic heterocycles. The van der Waals surface area contributed by atoms with E-state index in [0.717, 1.165) is 16.8 Å². The summed E-state index contributed by atoms with van der Waals surface area (Å²) in [6.07, 6.45) is 0. The number of amides is 1. The Morgan fingerprint density at radius 3 is 2.50 bits per heavy atom. The highest BCUT2D eigenvalue weighted by Crippen LogP contribution is 2.13. The van der Waals surface area contributed by atoms with Gasteiger partial charge in [-0.1, -0.05) is 24.3 Å². The largest absolute Gasteiger partial charge is 0.287 e. The van der Waals surface area contributed by atoms with Gasteiger partial charge in [-0.2, -0.15) is 5.10 Å². The number of carbonyl (C=O) groups excluding carboxylic acids is 1. The molecule has 0 bridgehead atoms. The number of aromatic nitrogens is 2. The normalized spacial score (nSPS) is 11.5. The molecule has 0 aliphatic heterocycles. The zero-order valence-corrected chi connectivity index (χ0v) is 14.2. The molecule has 1 heterocycles. The molecule has 0 saturated carbocycles. The van der Waals surface area contributed by atoms with Gasteiger partial charge in [-0.3, -0.25) is 15.0 Å². The second-order valence-electron chi connectivity index (χ2n) is 5.34. The number of sulfonamides is 1. The molecule has 0 fully saturated rings. The Hall–Kier alpha value is -3.11. The quantitative estimate of drug-likeness (QED) is 0.651. The van der Waals surface area contributed by atoms with Crippen LogP contribution in [-0.4, -0.2) is 24.1 Å². The molecular formula is C16H13FN4O4S. The van der Waals surface area contributed by atoms with Crippen molar-refractivity contribution < 1.29 is 17.6 Å². The Labute approximate surface area is 147 Å². The molecule has 2 N–H and O–H groups in total. The maximum atomic E-state index is 13.2. The zero-order valence-electron chi connectivity index (χ0n) is 13.4. The monoisotopic (exact) mass is 376 g/mol. The lowest BCUT2D eigenvalue weighted by atomic mass is 10.1. The fourth-order valence-corrected chi connectivity index (χ4v) is 3.20. The Kier molecular flexibility index (Phi) is 4.53. The number of benzene rings is 2. The molecule has 26 heavy (non-hydrogen) atoms. The summed E-state index contributed by atoms with van der Waals surface area (Å²) in [5.74, 6) is -1.60. The van der Waals surface area contributed by atoms with Crippen molar-refractivity contribution in [2.24, 2.45) is 7.05 Å². The molecule has 0 radical (unpaired) electrons. The maximum absolute atomic E-state index is 13.2. The lowest BCUT2D eigenvalue weighted by Gasteiger charge is -2.10. The zero-order chi connectivity index (χ0) is 18.9. The van der Waals surface area contributed by atoms with Gasteiger partial charge in [0.05, 0.1) is 10.3 Å². The second kappa shape index (κ2) is 6.65. The van der Waals surface area contributed by atoms with E-state index in [2.05, 4.69) is 5.10 Å². The maximum Gasteiger partial charge on any atom is 0.287 e. The van der Waals surface area contributed by atoms with E-state index in [4.69, 9.17) is 0 Å². The Bertz CT molecular complexity index is 1170. The molecule has 0 saturated heterocycles. The van der Waals surface area contributed by atoms with Gasteiger partial charge in [0, 0.05) is 12.4 Å². The molecular weight excluding hydrogens is 363 g/mol. The van der Waals surface area contributed by atoms with E-state index in [1.807, 2.05) is 10.3 Å². The van der Waals surface area contributed by atoms with Crippen molar-refractivity contribution >= 4 is 26.7 Å². The summed E-state index contributed by atoms with van der Waals surface area (Å²) < 4.78 is 38.5. The van der Waals surface area contributed by atoms with Gasteiger partial charge in [0.2, 0.25) is 0 Å². The summed E-state index contributed by atoms with van der Waals surface area (Å²) in [4.78, 5) is 26.0. The fourth-order valence-electron chi connectivity index (χ4n) is 2.33. The summed E-state index contributed by atoms with van der Waals surface area (Å²) in [6, 6.07) is 10.6. The molecule has 0 aliphatic rings. The molecule has 0 aliphatic carbocycles. The van der Waals surface area contributed by atoms with Crippen LogP contribution in [0.2, 0.25) is 0 Å². The van der Waals surface area contributed by atoms with E-state index >= 15 is 0 Å². The first-order valence-electron chi connectivity index (χ1n) is 7.33. The molecule has 0 atom stereocenters. The number of hydrazine groups is 1. The molecule has 0 spiro atoms. The van der Waals surface area contributed by atoms with Crippen LogP contribution in [0.5, 0.6) is 0 Å². The van der Waals surface area contributed by atoms with Gasteiger partial charge in [-0.05, 0) is 24.3 Å². The first-order valence-corrected chi connectivity index (χ1v) is 8.82. The van der Waals surface area contributed by atoms with Gasteiger partial charge >= 0.3 is 0 Å². The molecule has 0 unspecified atom stereocenters. The third-order valence-electron chi connectivity index (χ3n) is 3.58. The van der Waals surface area contributed by atoms with Gasteiger partial charge in [0.1, 0.15) is 5.82 Å². The van der Waals surface area contributed by atoms with Crippen LogP contribution in [0.1, 0.15) is 10.5 Å². The van der Waals surface area contributed by atoms with Crippen LogP contribution < -0.4 is 15.8 Å². The van der Waals surface area contributed by atoms with Crippen molar-refractivity contribution in [3.8, 4) is 0 Å². The first kappa shape index (κ1) is 17.7. The molecule has 8 nitrogen and oxygen atoms in total. The fraction of sp³-hybridized carbons (Fsp3) is 0.0625. The van der Waals surface area contributed by atoms with Crippen LogP contribution in [0.25, 0.3) is 10.8 Å². The van der Waals surface area contributed by atoms with Crippen LogP contribution in [0.4, 0.5) is 4.39 Å². The minimum absolute atomic E-state index is 0.135. The number of nitrogens with one attached hydrogen (secondary N) is 2. The number of hydrogen-bond acceptors (Lipinski definition) is 5. The standard InChI is InChI=1S/C16H13FN4O4S/c1-21-16(23)13-8-3-2-7-12(13)14(19-21)15(22)18-20-26(24,25)11-6-4-5-10(17)9-11/h2-9,20H,1H3,(H,18,22). The lowest BCUT2D eigenvalue weighted by Crippen LogP contribution is -2.42. The highest BCUT2D eigenvalue weighted by Gasteiger charge is 2.19. The average Bonchev–Trinajstić information content (AvgIpc) is 2.63. The van der Waals surface area contributed by atoms with E-state index in [1.54, 1.807) is 12.1 Å². The Morgan fingerprint density at radius 1 is 1.12 bits per heavy atom. The molecule has 3 rings (SSSR count). The predicted octanol–water partition coefficient (Wildman–Crippen LogP) is 0.696. The Balaban J connectivity index is 1.91. The van der Waals surface area contributed by atoms with Crippen molar-refractivity contribution in [2.75, 3.05) is 0 Å². The minimum Gasteiger partial charge on any atom is -0.272 e. The molecule has 3 aromatic rings. The minimum atomic E-state index is -4.18. The van der Waals surface area contributed by atoms with Crippen LogP contribution >= 0.6 is 0 Å². The van der Waals surface area contributed by atoms with Crippen molar-refractivity contribution in [3.05, 3.63) is 70.4 Å². The lowest BCUT2D eigenvalue weighted by molar-refractivity contribution is 0.0940. The van der Waals surface area contributed by atoms with Crippen LogP contribution in [0.3, 0.4) is 0 Å².